The smallest absolute Gasteiger partial charge is 0.332 e. The molecule has 9 heteroatoms. The maximum Gasteiger partial charge on any atom is 0.332 e. The maximum absolute atomic E-state index is 13.0. The highest BCUT2D eigenvalue weighted by Gasteiger charge is 2.23. The molecule has 0 bridgehead atoms. The third-order valence-corrected chi connectivity index (χ3v) is 10.6. The Kier molecular flexibility index (Phi) is 6.46. The van der Waals surface area contributed by atoms with E-state index in [0.29, 0.717) is 36.7 Å². The van der Waals surface area contributed by atoms with Crippen LogP contribution in [-0.2, 0) is 20.6 Å². The van der Waals surface area contributed by atoms with Crippen molar-refractivity contribution in [2.75, 3.05) is 18.4 Å². The van der Waals surface area contributed by atoms with Gasteiger partial charge >= 0.3 is 5.69 Å². The van der Waals surface area contributed by atoms with E-state index in [1.54, 1.807) is 18.7 Å². The molecule has 2 aromatic rings. The topological polar surface area (TPSA) is 99.9 Å². The van der Waals surface area contributed by atoms with Crippen LogP contribution in [0.15, 0.2) is 9.59 Å². The summed E-state index contributed by atoms with van der Waals surface area (Å²) < 4.78 is 4.53. The van der Waals surface area contributed by atoms with Crippen LogP contribution in [0.5, 0.6) is 0 Å². The molecule has 0 aliphatic carbocycles. The van der Waals surface area contributed by atoms with Crippen molar-refractivity contribution in [1.82, 2.24) is 18.7 Å². The highest BCUT2D eigenvalue weighted by atomic mass is 28.3. The lowest BCUT2D eigenvalue weighted by Crippen LogP contribution is -2.40. The molecule has 0 amide bonds. The largest absolute Gasteiger partial charge is 0.354 e. The second-order valence-corrected chi connectivity index (χ2v) is 12.8. The van der Waals surface area contributed by atoms with Crippen LogP contribution in [0.3, 0.4) is 0 Å². The third-order valence-electron chi connectivity index (χ3n) is 5.66. The quantitative estimate of drug-likeness (QED) is 0.639. The van der Waals surface area contributed by atoms with Crippen LogP contribution in [-0.4, -0.2) is 39.8 Å². The van der Waals surface area contributed by atoms with Gasteiger partial charge in [-0.05, 0) is 6.42 Å². The predicted molar refractivity (Wildman–Crippen MR) is 110 cm³/mol. The first-order chi connectivity index (χ1) is 12.3. The van der Waals surface area contributed by atoms with Crippen LogP contribution in [0.25, 0.3) is 11.2 Å². The van der Waals surface area contributed by atoms with E-state index in [4.69, 9.17) is 5.73 Å². The predicted octanol–water partition coefficient (Wildman–Crippen LogP) is 1.31. The highest BCUT2D eigenvalue weighted by Crippen LogP contribution is 2.22. The summed E-state index contributed by atoms with van der Waals surface area (Å²) in [4.78, 5) is 30.0. The average molecular weight is 381 g/mol. The van der Waals surface area contributed by atoms with Crippen LogP contribution in [0.2, 0.25) is 24.7 Å². The molecule has 26 heavy (non-hydrogen) atoms. The summed E-state index contributed by atoms with van der Waals surface area (Å²) in [7, 11) is 2.21. The first kappa shape index (κ1) is 20.4. The van der Waals surface area contributed by atoms with Crippen molar-refractivity contribution >= 4 is 25.2 Å². The zero-order valence-corrected chi connectivity index (χ0v) is 17.6. The molecule has 3 N–H and O–H groups in total. The van der Waals surface area contributed by atoms with E-state index in [1.807, 2.05) is 0 Å². The summed E-state index contributed by atoms with van der Waals surface area (Å²) in [6, 6.07) is 3.59. The van der Waals surface area contributed by atoms with Crippen LogP contribution in [0, 0.1) is 0 Å². The van der Waals surface area contributed by atoms with Crippen molar-refractivity contribution in [3.05, 3.63) is 20.8 Å². The van der Waals surface area contributed by atoms with Gasteiger partial charge in [-0.3, -0.25) is 13.9 Å². The fourth-order valence-electron chi connectivity index (χ4n) is 3.25. The van der Waals surface area contributed by atoms with Gasteiger partial charge < -0.3 is 15.6 Å². The average Bonchev–Trinajstić information content (AvgIpc) is 2.97. The summed E-state index contributed by atoms with van der Waals surface area (Å²) in [6.07, 6.45) is 0.862. The van der Waals surface area contributed by atoms with Gasteiger partial charge in [0.25, 0.3) is 5.56 Å². The third kappa shape index (κ3) is 3.78. The molecule has 0 atom stereocenters. The Hall–Kier alpha value is -1.87. The molecule has 0 saturated heterocycles. The van der Waals surface area contributed by atoms with E-state index >= 15 is 0 Å². The van der Waals surface area contributed by atoms with Gasteiger partial charge in [-0.25, -0.2) is 4.79 Å². The number of hydrogen-bond donors (Lipinski definition) is 2. The van der Waals surface area contributed by atoms with E-state index < -0.39 is 8.07 Å². The normalized spacial score (nSPS) is 12.1. The molecule has 2 heterocycles. The number of hydrogen-bond acceptors (Lipinski definition) is 5. The van der Waals surface area contributed by atoms with Crippen molar-refractivity contribution in [2.24, 2.45) is 19.8 Å². The summed E-state index contributed by atoms with van der Waals surface area (Å²) in [5.41, 5.74) is 5.80. The molecular formula is C17H32N6O2Si. The van der Waals surface area contributed by atoms with Crippen LogP contribution in [0.1, 0.15) is 20.3 Å². The molecular weight excluding hydrogens is 348 g/mol. The molecule has 0 aromatic carbocycles. The van der Waals surface area contributed by atoms with E-state index in [1.165, 1.54) is 21.2 Å². The summed E-state index contributed by atoms with van der Waals surface area (Å²) >= 11 is 0. The second-order valence-electron chi connectivity index (χ2n) is 7.30. The SMILES string of the molecule is CC[Si](C)(CC)CCCn1c(=O)c2c(nc(NCCN)n2C)n(C)c1=O. The number of fused-ring (bicyclic) bond motifs is 1. The lowest BCUT2D eigenvalue weighted by atomic mass is 10.4. The second kappa shape index (κ2) is 8.21. The van der Waals surface area contributed by atoms with E-state index in [0.717, 1.165) is 12.5 Å². The van der Waals surface area contributed by atoms with E-state index in [9.17, 15) is 9.59 Å². The number of imidazole rings is 1. The van der Waals surface area contributed by atoms with Gasteiger partial charge in [0.05, 0.1) is 0 Å². The summed E-state index contributed by atoms with van der Waals surface area (Å²) in [5.74, 6) is 0.548. The Balaban J connectivity index is 2.40. The first-order valence-electron chi connectivity index (χ1n) is 9.39. The number of nitrogens with zero attached hydrogens (tertiary/aromatic N) is 4. The molecule has 0 radical (unpaired) electrons. The monoisotopic (exact) mass is 380 g/mol. The Morgan fingerprint density at radius 2 is 1.81 bits per heavy atom. The lowest BCUT2D eigenvalue weighted by molar-refractivity contribution is 0.588. The molecule has 0 aliphatic heterocycles. The van der Waals surface area contributed by atoms with Crippen molar-refractivity contribution in [2.45, 2.75) is 51.5 Å². The van der Waals surface area contributed by atoms with Gasteiger partial charge in [0.1, 0.15) is 0 Å². The van der Waals surface area contributed by atoms with E-state index in [2.05, 4.69) is 30.7 Å². The van der Waals surface area contributed by atoms with Crippen LogP contribution in [0.4, 0.5) is 5.95 Å². The highest BCUT2D eigenvalue weighted by molar-refractivity contribution is 6.78. The number of anilines is 1. The number of nitrogens with one attached hydrogen (secondary N) is 1. The minimum atomic E-state index is -1.24. The van der Waals surface area contributed by atoms with Gasteiger partial charge in [0, 0.05) is 41.8 Å². The minimum absolute atomic E-state index is 0.268. The summed E-state index contributed by atoms with van der Waals surface area (Å²) in [5, 5.41) is 3.09. The fraction of sp³-hybridized carbons (Fsp3) is 0.706. The van der Waals surface area contributed by atoms with Gasteiger partial charge in [0.15, 0.2) is 11.2 Å². The number of aromatic nitrogens is 4. The number of rotatable bonds is 9. The molecule has 2 aromatic heterocycles. The molecule has 8 nitrogen and oxygen atoms in total. The van der Waals surface area contributed by atoms with Gasteiger partial charge in [0.2, 0.25) is 5.95 Å². The first-order valence-corrected chi connectivity index (χ1v) is 12.5. The molecule has 2 rings (SSSR count). The molecule has 146 valence electrons. The van der Waals surface area contributed by atoms with E-state index in [-0.39, 0.29) is 11.2 Å². The number of aryl methyl sites for hydroxylation is 2. The Morgan fingerprint density at radius 3 is 2.38 bits per heavy atom. The van der Waals surface area contributed by atoms with Gasteiger partial charge in [-0.1, -0.05) is 38.5 Å². The van der Waals surface area contributed by atoms with Crippen molar-refractivity contribution in [1.29, 1.82) is 0 Å². The van der Waals surface area contributed by atoms with Crippen molar-refractivity contribution in [3.63, 3.8) is 0 Å². The molecule has 0 fully saturated rings. The Labute approximate surface area is 155 Å². The Morgan fingerprint density at radius 1 is 1.15 bits per heavy atom. The van der Waals surface area contributed by atoms with Crippen LogP contribution < -0.4 is 22.3 Å². The van der Waals surface area contributed by atoms with Crippen molar-refractivity contribution < 1.29 is 0 Å². The fourth-order valence-corrected chi connectivity index (χ4v) is 5.47. The minimum Gasteiger partial charge on any atom is -0.354 e. The summed E-state index contributed by atoms with van der Waals surface area (Å²) in [6.45, 7) is 8.37. The standard InChI is InChI=1S/C17H32N6O2Si/c1-6-26(5,7-2)12-8-11-23-15(24)13-14(22(4)17(23)25)20-16(21(13)3)19-10-9-18/h6-12,18H2,1-5H3,(H,19,20). The molecule has 0 saturated carbocycles. The zero-order valence-electron chi connectivity index (χ0n) is 16.6. The van der Waals surface area contributed by atoms with Gasteiger partial charge in [-0.15, -0.1) is 0 Å². The molecule has 0 aliphatic rings. The number of nitrogens with two attached hydrogens (primary N) is 1. The molecule has 0 spiro atoms. The lowest BCUT2D eigenvalue weighted by Gasteiger charge is -2.24. The maximum atomic E-state index is 13.0. The van der Waals surface area contributed by atoms with Crippen LogP contribution >= 0.6 is 0 Å². The van der Waals surface area contributed by atoms with Crippen molar-refractivity contribution in [3.8, 4) is 0 Å². The molecule has 0 unspecified atom stereocenters. The Bertz CT molecular complexity index is 878. The van der Waals surface area contributed by atoms with Gasteiger partial charge in [-0.2, -0.15) is 4.98 Å². The zero-order chi connectivity index (χ0) is 19.5.